The fraction of sp³-hybridized carbons (Fsp3) is 0.538. The number of hydrogen-bond donors (Lipinski definition) is 1. The SMILES string of the molecule is CSCC(C)C(N)c1ccc(C(F)(F)F)cc1C. The van der Waals surface area contributed by atoms with Gasteiger partial charge in [0.15, 0.2) is 0 Å². The topological polar surface area (TPSA) is 26.0 Å². The second-order valence-electron chi connectivity index (χ2n) is 4.53. The van der Waals surface area contributed by atoms with Crippen LogP contribution >= 0.6 is 11.8 Å². The van der Waals surface area contributed by atoms with E-state index in [1.165, 1.54) is 12.1 Å². The molecule has 0 fully saturated rings. The van der Waals surface area contributed by atoms with Crippen LogP contribution in [0.25, 0.3) is 0 Å². The molecule has 0 amide bonds. The van der Waals surface area contributed by atoms with Crippen LogP contribution in [-0.2, 0) is 6.18 Å². The molecule has 1 rings (SSSR count). The summed E-state index contributed by atoms with van der Waals surface area (Å²) in [6, 6.07) is 3.55. The fourth-order valence-corrected chi connectivity index (χ4v) is 2.63. The molecule has 1 aromatic carbocycles. The highest BCUT2D eigenvalue weighted by atomic mass is 32.2. The van der Waals surface area contributed by atoms with E-state index in [0.29, 0.717) is 5.56 Å². The average molecular weight is 277 g/mol. The Labute approximate surface area is 110 Å². The van der Waals surface area contributed by atoms with Crippen LogP contribution in [0.2, 0.25) is 0 Å². The molecule has 102 valence electrons. The maximum absolute atomic E-state index is 12.5. The second kappa shape index (κ2) is 5.97. The van der Waals surface area contributed by atoms with Crippen molar-refractivity contribution in [3.05, 3.63) is 34.9 Å². The van der Waals surface area contributed by atoms with Gasteiger partial charge in [0, 0.05) is 6.04 Å². The zero-order chi connectivity index (χ0) is 13.9. The number of halogens is 3. The first kappa shape index (κ1) is 15.4. The van der Waals surface area contributed by atoms with E-state index in [2.05, 4.69) is 0 Å². The monoisotopic (exact) mass is 277 g/mol. The van der Waals surface area contributed by atoms with Gasteiger partial charge in [0.2, 0.25) is 0 Å². The number of rotatable bonds is 4. The Bertz CT molecular complexity index is 404. The Morgan fingerprint density at radius 1 is 1.33 bits per heavy atom. The van der Waals surface area contributed by atoms with E-state index in [1.54, 1.807) is 18.7 Å². The van der Waals surface area contributed by atoms with Crippen LogP contribution in [0.1, 0.15) is 29.7 Å². The van der Waals surface area contributed by atoms with Crippen LogP contribution in [0.5, 0.6) is 0 Å². The van der Waals surface area contributed by atoms with Crippen molar-refractivity contribution in [3.8, 4) is 0 Å². The summed E-state index contributed by atoms with van der Waals surface area (Å²) in [6.45, 7) is 3.69. The molecule has 1 nitrogen and oxygen atoms in total. The quantitative estimate of drug-likeness (QED) is 0.899. The molecular weight excluding hydrogens is 259 g/mol. The minimum atomic E-state index is -4.29. The Balaban J connectivity index is 2.99. The van der Waals surface area contributed by atoms with Crippen molar-refractivity contribution < 1.29 is 13.2 Å². The largest absolute Gasteiger partial charge is 0.416 e. The minimum Gasteiger partial charge on any atom is -0.324 e. The lowest BCUT2D eigenvalue weighted by Gasteiger charge is -2.22. The standard InChI is InChI=1S/C13H18F3NS/c1-8-6-10(13(14,15)16)4-5-11(8)12(17)9(2)7-18-3/h4-6,9,12H,7,17H2,1-3H3. The van der Waals surface area contributed by atoms with Gasteiger partial charge in [-0.2, -0.15) is 24.9 Å². The number of hydrogen-bond acceptors (Lipinski definition) is 2. The van der Waals surface area contributed by atoms with Crippen molar-refractivity contribution in [2.75, 3.05) is 12.0 Å². The van der Waals surface area contributed by atoms with Gasteiger partial charge < -0.3 is 5.73 Å². The van der Waals surface area contributed by atoms with Crippen LogP contribution in [0.3, 0.4) is 0 Å². The molecule has 2 atom stereocenters. The molecule has 0 aliphatic heterocycles. The first-order valence-corrected chi connectivity index (χ1v) is 7.09. The third-order valence-corrected chi connectivity index (χ3v) is 3.86. The summed E-state index contributed by atoms with van der Waals surface area (Å²) in [5.74, 6) is 1.12. The molecule has 0 saturated carbocycles. The maximum atomic E-state index is 12.5. The first-order valence-electron chi connectivity index (χ1n) is 5.69. The predicted octanol–water partition coefficient (Wildman–Crippen LogP) is 4.01. The smallest absolute Gasteiger partial charge is 0.324 e. The van der Waals surface area contributed by atoms with Crippen LogP contribution < -0.4 is 5.73 Å². The predicted molar refractivity (Wildman–Crippen MR) is 70.7 cm³/mol. The van der Waals surface area contributed by atoms with Gasteiger partial charge in [-0.05, 0) is 48.1 Å². The van der Waals surface area contributed by atoms with E-state index in [0.717, 1.165) is 17.4 Å². The van der Waals surface area contributed by atoms with Crippen LogP contribution in [-0.4, -0.2) is 12.0 Å². The van der Waals surface area contributed by atoms with Gasteiger partial charge in [0.05, 0.1) is 5.56 Å². The summed E-state index contributed by atoms with van der Waals surface area (Å²) in [4.78, 5) is 0. The molecule has 0 aromatic heterocycles. The highest BCUT2D eigenvalue weighted by molar-refractivity contribution is 7.98. The lowest BCUT2D eigenvalue weighted by atomic mass is 9.92. The molecule has 0 saturated heterocycles. The summed E-state index contributed by atoms with van der Waals surface area (Å²) < 4.78 is 37.6. The number of nitrogens with two attached hydrogens (primary N) is 1. The number of alkyl halides is 3. The maximum Gasteiger partial charge on any atom is 0.416 e. The number of thioether (sulfide) groups is 1. The molecular formula is C13H18F3NS. The highest BCUT2D eigenvalue weighted by Gasteiger charge is 2.31. The third-order valence-electron chi connectivity index (χ3n) is 3.00. The van der Waals surface area contributed by atoms with E-state index < -0.39 is 11.7 Å². The Hall–Kier alpha value is -0.680. The van der Waals surface area contributed by atoms with Crippen LogP contribution in [0, 0.1) is 12.8 Å². The van der Waals surface area contributed by atoms with Crippen molar-refractivity contribution in [3.63, 3.8) is 0 Å². The van der Waals surface area contributed by atoms with E-state index >= 15 is 0 Å². The summed E-state index contributed by atoms with van der Waals surface area (Å²) in [5.41, 5.74) is 6.87. The summed E-state index contributed by atoms with van der Waals surface area (Å²) in [6.07, 6.45) is -2.30. The van der Waals surface area contributed by atoms with Crippen molar-refractivity contribution in [1.82, 2.24) is 0 Å². The molecule has 5 heteroatoms. The van der Waals surface area contributed by atoms with Crippen molar-refractivity contribution >= 4 is 11.8 Å². The van der Waals surface area contributed by atoms with Gasteiger partial charge in [-0.3, -0.25) is 0 Å². The Morgan fingerprint density at radius 2 is 1.94 bits per heavy atom. The summed E-state index contributed by atoms with van der Waals surface area (Å²) in [5, 5.41) is 0. The summed E-state index contributed by atoms with van der Waals surface area (Å²) in [7, 11) is 0. The average Bonchev–Trinajstić information content (AvgIpc) is 2.27. The molecule has 18 heavy (non-hydrogen) atoms. The van der Waals surface area contributed by atoms with Gasteiger partial charge in [-0.15, -0.1) is 0 Å². The minimum absolute atomic E-state index is 0.222. The van der Waals surface area contributed by atoms with Gasteiger partial charge in [0.25, 0.3) is 0 Å². The van der Waals surface area contributed by atoms with Crippen LogP contribution in [0.15, 0.2) is 18.2 Å². The van der Waals surface area contributed by atoms with E-state index in [4.69, 9.17) is 5.73 Å². The zero-order valence-corrected chi connectivity index (χ0v) is 11.5. The van der Waals surface area contributed by atoms with E-state index in [1.807, 2.05) is 13.2 Å². The fourth-order valence-electron chi connectivity index (χ4n) is 1.90. The lowest BCUT2D eigenvalue weighted by Crippen LogP contribution is -2.22. The van der Waals surface area contributed by atoms with Gasteiger partial charge in [-0.1, -0.05) is 13.0 Å². The van der Waals surface area contributed by atoms with E-state index in [-0.39, 0.29) is 12.0 Å². The normalized spacial score (nSPS) is 15.5. The first-order chi connectivity index (χ1) is 8.27. The molecule has 0 spiro atoms. The second-order valence-corrected chi connectivity index (χ2v) is 5.44. The molecule has 0 bridgehead atoms. The Kier molecular flexibility index (Phi) is 5.10. The summed E-state index contributed by atoms with van der Waals surface area (Å²) >= 11 is 1.69. The Morgan fingerprint density at radius 3 is 2.39 bits per heavy atom. The highest BCUT2D eigenvalue weighted by Crippen LogP contribution is 2.32. The molecule has 0 aliphatic carbocycles. The zero-order valence-electron chi connectivity index (χ0n) is 10.7. The molecule has 0 radical (unpaired) electrons. The number of benzene rings is 1. The molecule has 0 aliphatic rings. The lowest BCUT2D eigenvalue weighted by molar-refractivity contribution is -0.137. The molecule has 2 N–H and O–H groups in total. The molecule has 2 unspecified atom stereocenters. The van der Waals surface area contributed by atoms with Crippen molar-refractivity contribution in [2.45, 2.75) is 26.1 Å². The van der Waals surface area contributed by atoms with Crippen molar-refractivity contribution in [1.29, 1.82) is 0 Å². The van der Waals surface area contributed by atoms with Gasteiger partial charge >= 0.3 is 6.18 Å². The number of aryl methyl sites for hydroxylation is 1. The van der Waals surface area contributed by atoms with E-state index in [9.17, 15) is 13.2 Å². The van der Waals surface area contributed by atoms with Crippen molar-refractivity contribution in [2.24, 2.45) is 11.7 Å². The van der Waals surface area contributed by atoms with Gasteiger partial charge in [0.1, 0.15) is 0 Å². The molecule has 0 heterocycles. The van der Waals surface area contributed by atoms with Gasteiger partial charge in [-0.25, -0.2) is 0 Å². The van der Waals surface area contributed by atoms with Crippen LogP contribution in [0.4, 0.5) is 13.2 Å². The third kappa shape index (κ3) is 3.65. The molecule has 1 aromatic rings.